The first-order valence-corrected chi connectivity index (χ1v) is 12.9. The molecule has 3 aromatic rings. The van der Waals surface area contributed by atoms with Crippen molar-refractivity contribution in [2.45, 2.75) is 19.6 Å². The lowest BCUT2D eigenvalue weighted by Crippen LogP contribution is -2.40. The van der Waals surface area contributed by atoms with Gasteiger partial charge in [0.05, 0.1) is 14.8 Å². The number of nitro groups is 3. The van der Waals surface area contributed by atoms with Gasteiger partial charge in [-0.15, -0.1) is 0 Å². The SMILES string of the molecule is O=[N+]([O-])c1ccc(CNCCN(CCNCc2ccc([N+](=O)[O-])cc2)CCNCc2ccc([N+](=O)[O-])cc2)cc1. The second-order valence-corrected chi connectivity index (χ2v) is 9.14. The van der Waals surface area contributed by atoms with Gasteiger partial charge in [-0.2, -0.15) is 0 Å². The van der Waals surface area contributed by atoms with E-state index in [-0.39, 0.29) is 17.1 Å². The van der Waals surface area contributed by atoms with Crippen LogP contribution in [0.25, 0.3) is 0 Å². The highest BCUT2D eigenvalue weighted by Crippen LogP contribution is 2.13. The second-order valence-electron chi connectivity index (χ2n) is 9.14. The quantitative estimate of drug-likeness (QED) is 0.121. The van der Waals surface area contributed by atoms with Gasteiger partial charge in [-0.25, -0.2) is 0 Å². The number of hydrogen-bond donors (Lipinski definition) is 3. The van der Waals surface area contributed by atoms with Gasteiger partial charge in [-0.1, -0.05) is 36.4 Å². The van der Waals surface area contributed by atoms with Gasteiger partial charge >= 0.3 is 0 Å². The normalized spacial score (nSPS) is 11.0. The topological polar surface area (TPSA) is 169 Å². The van der Waals surface area contributed by atoms with Gasteiger partial charge in [-0.05, 0) is 16.7 Å². The monoisotopic (exact) mass is 551 g/mol. The summed E-state index contributed by atoms with van der Waals surface area (Å²) in [4.78, 5) is 33.5. The summed E-state index contributed by atoms with van der Waals surface area (Å²) in [7, 11) is 0. The van der Waals surface area contributed by atoms with Crippen LogP contribution in [-0.2, 0) is 19.6 Å². The van der Waals surface area contributed by atoms with Gasteiger partial charge < -0.3 is 16.0 Å². The lowest BCUT2D eigenvalue weighted by atomic mass is 10.2. The molecule has 13 heteroatoms. The number of nitrogens with zero attached hydrogens (tertiary/aromatic N) is 4. The molecule has 3 aromatic carbocycles. The van der Waals surface area contributed by atoms with Gasteiger partial charge in [0.1, 0.15) is 0 Å². The van der Waals surface area contributed by atoms with E-state index in [1.54, 1.807) is 36.4 Å². The average Bonchev–Trinajstić information content (AvgIpc) is 2.95. The Balaban J connectivity index is 1.43. The maximum absolute atomic E-state index is 10.8. The number of nitrogens with one attached hydrogen (secondary N) is 3. The van der Waals surface area contributed by atoms with Crippen LogP contribution in [0.1, 0.15) is 16.7 Å². The fourth-order valence-electron chi connectivity index (χ4n) is 3.95. The van der Waals surface area contributed by atoms with Crippen molar-refractivity contribution in [2.75, 3.05) is 39.3 Å². The molecule has 0 aliphatic carbocycles. The van der Waals surface area contributed by atoms with Gasteiger partial charge in [-0.3, -0.25) is 35.2 Å². The van der Waals surface area contributed by atoms with Crippen molar-refractivity contribution in [3.8, 4) is 0 Å². The van der Waals surface area contributed by atoms with Gasteiger partial charge in [0, 0.05) is 95.3 Å². The molecule has 0 bridgehead atoms. The maximum Gasteiger partial charge on any atom is 0.269 e. The van der Waals surface area contributed by atoms with E-state index in [9.17, 15) is 30.3 Å². The number of benzene rings is 3. The number of hydrogen-bond acceptors (Lipinski definition) is 10. The molecule has 13 nitrogen and oxygen atoms in total. The Morgan fingerprint density at radius 1 is 0.475 bits per heavy atom. The molecule has 3 rings (SSSR count). The van der Waals surface area contributed by atoms with Crippen LogP contribution in [0.4, 0.5) is 17.1 Å². The molecule has 0 atom stereocenters. The summed E-state index contributed by atoms with van der Waals surface area (Å²) >= 11 is 0. The molecule has 0 saturated carbocycles. The number of nitro benzene ring substituents is 3. The summed E-state index contributed by atoms with van der Waals surface area (Å²) in [6.45, 7) is 6.32. The first-order chi connectivity index (χ1) is 19.3. The van der Waals surface area contributed by atoms with Crippen LogP contribution >= 0.6 is 0 Å². The Morgan fingerprint density at radius 3 is 0.950 bits per heavy atom. The van der Waals surface area contributed by atoms with Gasteiger partial charge in [0.2, 0.25) is 0 Å². The molecule has 0 aliphatic heterocycles. The van der Waals surface area contributed by atoms with E-state index >= 15 is 0 Å². The van der Waals surface area contributed by atoms with Crippen LogP contribution in [0, 0.1) is 30.3 Å². The van der Waals surface area contributed by atoms with E-state index < -0.39 is 14.8 Å². The lowest BCUT2D eigenvalue weighted by Gasteiger charge is -2.23. The molecule has 0 radical (unpaired) electrons. The van der Waals surface area contributed by atoms with E-state index in [0.29, 0.717) is 19.6 Å². The molecule has 0 heterocycles. The second kappa shape index (κ2) is 16.0. The fraction of sp³-hybridized carbons (Fsp3) is 0.333. The zero-order chi connectivity index (χ0) is 28.7. The van der Waals surface area contributed by atoms with Crippen molar-refractivity contribution in [3.63, 3.8) is 0 Å². The minimum Gasteiger partial charge on any atom is -0.311 e. The van der Waals surface area contributed by atoms with Crippen LogP contribution in [0.15, 0.2) is 72.8 Å². The molecule has 0 spiro atoms. The number of non-ortho nitro benzene ring substituents is 3. The van der Waals surface area contributed by atoms with E-state index in [0.717, 1.165) is 56.0 Å². The molecular formula is C27H33N7O6. The van der Waals surface area contributed by atoms with Crippen molar-refractivity contribution < 1.29 is 14.8 Å². The molecule has 0 fully saturated rings. The Morgan fingerprint density at radius 2 is 0.725 bits per heavy atom. The van der Waals surface area contributed by atoms with Crippen LogP contribution in [-0.4, -0.2) is 58.9 Å². The van der Waals surface area contributed by atoms with Crippen molar-refractivity contribution in [1.29, 1.82) is 0 Å². The average molecular weight is 552 g/mol. The third-order valence-electron chi connectivity index (χ3n) is 6.24. The molecule has 0 aliphatic rings. The minimum absolute atomic E-state index is 0.0670. The Kier molecular flexibility index (Phi) is 12.1. The predicted octanol–water partition coefficient (Wildman–Crippen LogP) is 3.38. The summed E-state index contributed by atoms with van der Waals surface area (Å²) in [6, 6.07) is 19.4. The third kappa shape index (κ3) is 10.5. The maximum atomic E-state index is 10.8. The summed E-state index contributed by atoms with van der Waals surface area (Å²) in [5.74, 6) is 0. The van der Waals surface area contributed by atoms with Crippen LogP contribution in [0.3, 0.4) is 0 Å². The Hall–Kier alpha value is -4.30. The molecule has 0 saturated heterocycles. The van der Waals surface area contributed by atoms with Crippen molar-refractivity contribution in [3.05, 3.63) is 120 Å². The zero-order valence-corrected chi connectivity index (χ0v) is 22.0. The Labute approximate surface area is 231 Å². The smallest absolute Gasteiger partial charge is 0.269 e. The highest BCUT2D eigenvalue weighted by atomic mass is 16.6. The lowest BCUT2D eigenvalue weighted by molar-refractivity contribution is -0.385. The highest BCUT2D eigenvalue weighted by Gasteiger charge is 2.08. The van der Waals surface area contributed by atoms with Gasteiger partial charge in [0.15, 0.2) is 0 Å². The van der Waals surface area contributed by atoms with Crippen LogP contribution in [0.2, 0.25) is 0 Å². The molecule has 3 N–H and O–H groups in total. The van der Waals surface area contributed by atoms with E-state index in [2.05, 4.69) is 20.9 Å². The molecule has 40 heavy (non-hydrogen) atoms. The summed E-state index contributed by atoms with van der Waals surface area (Å²) < 4.78 is 0. The predicted molar refractivity (Wildman–Crippen MR) is 151 cm³/mol. The van der Waals surface area contributed by atoms with E-state index in [4.69, 9.17) is 0 Å². The van der Waals surface area contributed by atoms with E-state index in [1.807, 2.05) is 0 Å². The van der Waals surface area contributed by atoms with Crippen molar-refractivity contribution in [2.24, 2.45) is 0 Å². The number of rotatable bonds is 18. The minimum atomic E-state index is -0.416. The van der Waals surface area contributed by atoms with Crippen molar-refractivity contribution >= 4 is 17.1 Å². The molecule has 0 unspecified atom stereocenters. The molecule has 212 valence electrons. The van der Waals surface area contributed by atoms with Crippen molar-refractivity contribution in [1.82, 2.24) is 20.9 Å². The first kappa shape index (κ1) is 30.2. The summed E-state index contributed by atoms with van der Waals surface area (Å²) in [5.41, 5.74) is 3.09. The largest absolute Gasteiger partial charge is 0.311 e. The fourth-order valence-corrected chi connectivity index (χ4v) is 3.95. The summed E-state index contributed by atoms with van der Waals surface area (Å²) in [5, 5.41) is 42.6. The zero-order valence-electron chi connectivity index (χ0n) is 22.0. The summed E-state index contributed by atoms with van der Waals surface area (Å²) in [6.07, 6.45) is 0. The standard InChI is InChI=1S/C27H33N7O6/c35-32(36)25-7-1-22(2-8-25)19-28-13-16-31(17-14-29-20-23-3-9-26(10-4-23)33(37)38)18-15-30-21-24-5-11-27(12-6-24)34(39)40/h1-12,28-30H,13-21H2. The van der Waals surface area contributed by atoms with Crippen LogP contribution < -0.4 is 16.0 Å². The van der Waals surface area contributed by atoms with E-state index in [1.165, 1.54) is 36.4 Å². The molecule has 0 aromatic heterocycles. The van der Waals surface area contributed by atoms with Gasteiger partial charge in [0.25, 0.3) is 17.1 Å². The third-order valence-corrected chi connectivity index (χ3v) is 6.24. The molecular weight excluding hydrogens is 518 g/mol. The first-order valence-electron chi connectivity index (χ1n) is 12.9. The van der Waals surface area contributed by atoms with Crippen LogP contribution in [0.5, 0.6) is 0 Å². The Bertz CT molecular complexity index is 1080. The molecule has 0 amide bonds. The highest BCUT2D eigenvalue weighted by molar-refractivity contribution is 5.34.